The van der Waals surface area contributed by atoms with Crippen molar-refractivity contribution in [1.29, 1.82) is 0 Å². The summed E-state index contributed by atoms with van der Waals surface area (Å²) < 4.78 is 10.9. The minimum absolute atomic E-state index is 0.0545. The first-order valence-corrected chi connectivity index (χ1v) is 8.38. The molecule has 0 radical (unpaired) electrons. The zero-order valence-corrected chi connectivity index (χ0v) is 15.6. The Morgan fingerprint density at radius 3 is 2.62 bits per heavy atom. The van der Waals surface area contributed by atoms with Crippen LogP contribution in [0.3, 0.4) is 0 Å². The number of hydrogen-bond acceptors (Lipinski definition) is 5. The Morgan fingerprint density at radius 1 is 1.33 bits per heavy atom. The van der Waals surface area contributed by atoms with Gasteiger partial charge in [-0.25, -0.2) is 9.78 Å². The van der Waals surface area contributed by atoms with Crippen molar-refractivity contribution >= 4 is 11.9 Å². The highest BCUT2D eigenvalue weighted by atomic mass is 16.6. The van der Waals surface area contributed by atoms with E-state index in [9.17, 15) is 4.79 Å². The molecular weight excluding hydrogens is 306 g/mol. The van der Waals surface area contributed by atoms with E-state index in [1.165, 1.54) is 0 Å². The van der Waals surface area contributed by atoms with Crippen LogP contribution in [-0.2, 0) is 9.47 Å². The number of amides is 1. The van der Waals surface area contributed by atoms with E-state index in [4.69, 9.17) is 9.47 Å². The van der Waals surface area contributed by atoms with E-state index in [1.54, 1.807) is 12.0 Å². The molecule has 1 aliphatic heterocycles. The van der Waals surface area contributed by atoms with Gasteiger partial charge < -0.3 is 14.4 Å². The van der Waals surface area contributed by atoms with Crippen LogP contribution < -0.4 is 4.90 Å². The summed E-state index contributed by atoms with van der Waals surface area (Å²) in [5, 5.41) is 0. The first-order chi connectivity index (χ1) is 11.2. The fourth-order valence-corrected chi connectivity index (χ4v) is 2.98. The first kappa shape index (κ1) is 18.5. The Hall–Kier alpha value is -1.82. The van der Waals surface area contributed by atoms with Gasteiger partial charge in [-0.3, -0.25) is 4.90 Å². The van der Waals surface area contributed by atoms with Crippen LogP contribution >= 0.6 is 0 Å². The van der Waals surface area contributed by atoms with Crippen molar-refractivity contribution < 1.29 is 14.3 Å². The van der Waals surface area contributed by atoms with Gasteiger partial charge in [-0.2, -0.15) is 0 Å². The number of hydrogen-bond donors (Lipinski definition) is 0. The summed E-state index contributed by atoms with van der Waals surface area (Å²) in [6.45, 7) is 12.2. The molecule has 0 aromatic carbocycles. The van der Waals surface area contributed by atoms with Gasteiger partial charge in [-0.15, -0.1) is 0 Å². The number of piperazine rings is 1. The molecule has 1 unspecified atom stereocenters. The molecule has 134 valence electrons. The summed E-state index contributed by atoms with van der Waals surface area (Å²) in [6, 6.07) is 2.08. The Bertz CT molecular complexity index is 583. The molecule has 6 nitrogen and oxygen atoms in total. The second-order valence-electron chi connectivity index (χ2n) is 7.38. The smallest absolute Gasteiger partial charge is 0.410 e. The standard InChI is InChI=1S/C18H29N3O3/c1-13-9-14(2)16(19-10-13)20-7-8-21(15(11-20)12-23-6)17(22)24-18(3,4)5/h9-10,15H,7-8,11-12H2,1-6H3. The number of carbonyl (C=O) groups is 1. The van der Waals surface area contributed by atoms with Crippen LogP contribution in [0.5, 0.6) is 0 Å². The van der Waals surface area contributed by atoms with E-state index in [1.807, 2.05) is 33.9 Å². The number of ether oxygens (including phenoxy) is 2. The molecule has 1 saturated heterocycles. The molecule has 0 saturated carbocycles. The molecule has 2 heterocycles. The van der Waals surface area contributed by atoms with Crippen molar-refractivity contribution in [3.8, 4) is 0 Å². The molecule has 1 atom stereocenters. The average molecular weight is 335 g/mol. The van der Waals surface area contributed by atoms with Crippen LogP contribution in [-0.4, -0.2) is 61.0 Å². The van der Waals surface area contributed by atoms with E-state index >= 15 is 0 Å². The topological polar surface area (TPSA) is 54.9 Å². The van der Waals surface area contributed by atoms with E-state index in [0.29, 0.717) is 19.7 Å². The lowest BCUT2D eigenvalue weighted by atomic mass is 10.1. The minimum Gasteiger partial charge on any atom is -0.444 e. The molecular formula is C18H29N3O3. The summed E-state index contributed by atoms with van der Waals surface area (Å²) >= 11 is 0. The summed E-state index contributed by atoms with van der Waals surface area (Å²) in [6.07, 6.45) is 1.60. The van der Waals surface area contributed by atoms with Crippen LogP contribution in [0.25, 0.3) is 0 Å². The van der Waals surface area contributed by atoms with Crippen LogP contribution in [0.4, 0.5) is 10.6 Å². The highest BCUT2D eigenvalue weighted by Gasteiger charge is 2.34. The normalized spacial score (nSPS) is 18.7. The van der Waals surface area contributed by atoms with Gasteiger partial charge in [0.1, 0.15) is 11.4 Å². The quantitative estimate of drug-likeness (QED) is 0.850. The van der Waals surface area contributed by atoms with E-state index in [2.05, 4.69) is 22.9 Å². The van der Waals surface area contributed by atoms with Crippen LogP contribution in [0.15, 0.2) is 12.3 Å². The number of nitrogens with zero attached hydrogens (tertiary/aromatic N) is 3. The highest BCUT2D eigenvalue weighted by molar-refractivity contribution is 5.69. The zero-order chi connectivity index (χ0) is 17.9. The van der Waals surface area contributed by atoms with Gasteiger partial charge in [0.05, 0.1) is 12.6 Å². The zero-order valence-electron chi connectivity index (χ0n) is 15.6. The van der Waals surface area contributed by atoms with Gasteiger partial charge in [0.15, 0.2) is 0 Å². The largest absolute Gasteiger partial charge is 0.444 e. The summed E-state index contributed by atoms with van der Waals surface area (Å²) in [7, 11) is 1.65. The summed E-state index contributed by atoms with van der Waals surface area (Å²) in [5.74, 6) is 0.977. The van der Waals surface area contributed by atoms with Gasteiger partial charge in [0.25, 0.3) is 0 Å². The van der Waals surface area contributed by atoms with E-state index in [-0.39, 0.29) is 12.1 Å². The van der Waals surface area contributed by atoms with Crippen molar-refractivity contribution in [2.24, 2.45) is 0 Å². The lowest BCUT2D eigenvalue weighted by Gasteiger charge is -2.42. The lowest BCUT2D eigenvalue weighted by molar-refractivity contribution is 0.00338. The van der Waals surface area contributed by atoms with Gasteiger partial charge in [0, 0.05) is 32.9 Å². The minimum atomic E-state index is -0.499. The van der Waals surface area contributed by atoms with Crippen LogP contribution in [0, 0.1) is 13.8 Å². The van der Waals surface area contributed by atoms with Crippen molar-refractivity contribution in [2.45, 2.75) is 46.3 Å². The molecule has 2 rings (SSSR count). The molecule has 0 spiro atoms. The van der Waals surface area contributed by atoms with Crippen molar-refractivity contribution in [3.63, 3.8) is 0 Å². The van der Waals surface area contributed by atoms with Gasteiger partial charge in [-0.05, 0) is 45.7 Å². The predicted octanol–water partition coefficient (Wildman–Crippen LogP) is 2.77. The Morgan fingerprint density at radius 2 is 2.04 bits per heavy atom. The second kappa shape index (κ2) is 7.38. The maximum Gasteiger partial charge on any atom is 0.410 e. The van der Waals surface area contributed by atoms with Crippen LogP contribution in [0.2, 0.25) is 0 Å². The number of carbonyl (C=O) groups excluding carboxylic acids is 1. The molecule has 24 heavy (non-hydrogen) atoms. The van der Waals surface area contributed by atoms with Gasteiger partial charge in [-0.1, -0.05) is 6.07 Å². The number of pyridine rings is 1. The predicted molar refractivity (Wildman–Crippen MR) is 94.5 cm³/mol. The third kappa shape index (κ3) is 4.60. The Balaban J connectivity index is 2.13. The fraction of sp³-hybridized carbons (Fsp3) is 0.667. The monoisotopic (exact) mass is 335 g/mol. The molecule has 1 aliphatic rings. The SMILES string of the molecule is COCC1CN(c2ncc(C)cc2C)CCN1C(=O)OC(C)(C)C. The maximum absolute atomic E-state index is 12.5. The fourth-order valence-electron chi connectivity index (χ4n) is 2.98. The third-order valence-electron chi connectivity index (χ3n) is 3.96. The molecule has 1 aromatic heterocycles. The molecule has 0 N–H and O–H groups in total. The van der Waals surface area contributed by atoms with Crippen molar-refractivity contribution in [3.05, 3.63) is 23.4 Å². The number of aryl methyl sites for hydroxylation is 2. The number of rotatable bonds is 3. The number of anilines is 1. The van der Waals surface area contributed by atoms with Crippen LogP contribution in [0.1, 0.15) is 31.9 Å². The summed E-state index contributed by atoms with van der Waals surface area (Å²) in [5.41, 5.74) is 1.80. The molecule has 1 aromatic rings. The second-order valence-corrected chi connectivity index (χ2v) is 7.38. The molecule has 1 fully saturated rings. The number of aromatic nitrogens is 1. The van der Waals surface area contributed by atoms with E-state index < -0.39 is 5.60 Å². The van der Waals surface area contributed by atoms with Crippen molar-refractivity contribution in [1.82, 2.24) is 9.88 Å². The van der Waals surface area contributed by atoms with Gasteiger partial charge in [0.2, 0.25) is 0 Å². The Labute approximate surface area is 144 Å². The molecule has 1 amide bonds. The Kier molecular flexibility index (Phi) is 5.70. The third-order valence-corrected chi connectivity index (χ3v) is 3.96. The number of methoxy groups -OCH3 is 1. The lowest BCUT2D eigenvalue weighted by Crippen LogP contribution is -2.58. The molecule has 0 bridgehead atoms. The van der Waals surface area contributed by atoms with Crippen molar-refractivity contribution in [2.75, 3.05) is 38.3 Å². The first-order valence-electron chi connectivity index (χ1n) is 8.38. The average Bonchev–Trinajstić information content (AvgIpc) is 2.45. The van der Waals surface area contributed by atoms with Gasteiger partial charge >= 0.3 is 6.09 Å². The molecule has 6 heteroatoms. The maximum atomic E-state index is 12.5. The summed E-state index contributed by atoms with van der Waals surface area (Å²) in [4.78, 5) is 21.0. The van der Waals surface area contributed by atoms with E-state index in [0.717, 1.165) is 23.5 Å². The highest BCUT2D eigenvalue weighted by Crippen LogP contribution is 2.23. The molecule has 0 aliphatic carbocycles.